The number of anilines is 2. The molecule has 1 amide bonds. The van der Waals surface area contributed by atoms with Gasteiger partial charge in [-0.2, -0.15) is 0 Å². The SMILES string of the molecule is CC(NC(=O)/C=C/c1ccc(Cl)cc1)c1cccc(N2CCN(c3ccccn3)CC2)c1. The van der Waals surface area contributed by atoms with Gasteiger partial charge >= 0.3 is 0 Å². The second-order valence-electron chi connectivity index (χ2n) is 7.87. The summed E-state index contributed by atoms with van der Waals surface area (Å²) >= 11 is 5.90. The van der Waals surface area contributed by atoms with Crippen LogP contribution in [0.1, 0.15) is 24.1 Å². The number of carbonyl (C=O) groups is 1. The normalized spacial score (nSPS) is 15.1. The molecular formula is C26H27ClN4O. The minimum atomic E-state index is -0.123. The number of benzene rings is 2. The monoisotopic (exact) mass is 446 g/mol. The number of rotatable bonds is 6. The summed E-state index contributed by atoms with van der Waals surface area (Å²) in [4.78, 5) is 21.5. The van der Waals surface area contributed by atoms with Crippen LogP contribution < -0.4 is 15.1 Å². The van der Waals surface area contributed by atoms with Gasteiger partial charge in [0.25, 0.3) is 0 Å². The van der Waals surface area contributed by atoms with Gasteiger partial charge in [0.1, 0.15) is 5.82 Å². The van der Waals surface area contributed by atoms with Crippen LogP contribution in [0.15, 0.2) is 79.0 Å². The van der Waals surface area contributed by atoms with Gasteiger partial charge in [-0.1, -0.05) is 41.9 Å². The molecule has 2 aromatic carbocycles. The van der Waals surface area contributed by atoms with Crippen molar-refractivity contribution < 1.29 is 4.79 Å². The number of pyridine rings is 1. The van der Waals surface area contributed by atoms with Crippen LogP contribution in [0.2, 0.25) is 5.02 Å². The fraction of sp³-hybridized carbons (Fsp3) is 0.231. The van der Waals surface area contributed by atoms with Gasteiger partial charge in [0.2, 0.25) is 5.91 Å². The van der Waals surface area contributed by atoms with Crippen molar-refractivity contribution in [3.05, 3.63) is 95.2 Å². The zero-order chi connectivity index (χ0) is 22.3. The molecular weight excluding hydrogens is 420 g/mol. The highest BCUT2D eigenvalue weighted by Gasteiger charge is 2.19. The molecule has 1 saturated heterocycles. The lowest BCUT2D eigenvalue weighted by Crippen LogP contribution is -2.46. The van der Waals surface area contributed by atoms with Crippen molar-refractivity contribution in [2.45, 2.75) is 13.0 Å². The molecule has 1 atom stereocenters. The summed E-state index contributed by atoms with van der Waals surface area (Å²) in [6.07, 6.45) is 5.18. The number of aromatic nitrogens is 1. The largest absolute Gasteiger partial charge is 0.368 e. The molecule has 1 aliphatic rings. The third-order valence-corrected chi connectivity index (χ3v) is 5.90. The maximum Gasteiger partial charge on any atom is 0.244 e. The molecule has 1 unspecified atom stereocenters. The predicted molar refractivity (Wildman–Crippen MR) is 132 cm³/mol. The minimum absolute atomic E-state index is 0.0906. The molecule has 0 bridgehead atoms. The molecule has 1 N–H and O–H groups in total. The average Bonchev–Trinajstić information content (AvgIpc) is 2.84. The number of nitrogens with one attached hydrogen (secondary N) is 1. The fourth-order valence-corrected chi connectivity index (χ4v) is 3.94. The van der Waals surface area contributed by atoms with Crippen LogP contribution >= 0.6 is 11.6 Å². The number of nitrogens with zero attached hydrogens (tertiary/aromatic N) is 3. The summed E-state index contributed by atoms with van der Waals surface area (Å²) in [5, 5.41) is 3.73. The van der Waals surface area contributed by atoms with Gasteiger partial charge in [0, 0.05) is 49.2 Å². The maximum atomic E-state index is 12.4. The van der Waals surface area contributed by atoms with E-state index in [4.69, 9.17) is 11.6 Å². The Balaban J connectivity index is 1.34. The second kappa shape index (κ2) is 10.3. The Kier molecular flexibility index (Phi) is 7.07. The Morgan fingerprint density at radius 1 is 1.00 bits per heavy atom. The second-order valence-corrected chi connectivity index (χ2v) is 8.31. The number of carbonyl (C=O) groups excluding carboxylic acids is 1. The van der Waals surface area contributed by atoms with Gasteiger partial charge in [0.05, 0.1) is 6.04 Å². The van der Waals surface area contributed by atoms with Crippen LogP contribution in [0, 0.1) is 0 Å². The number of amides is 1. The van der Waals surface area contributed by atoms with Crippen LogP contribution in [0.3, 0.4) is 0 Å². The van der Waals surface area contributed by atoms with Crippen LogP contribution in [0.4, 0.5) is 11.5 Å². The highest BCUT2D eigenvalue weighted by molar-refractivity contribution is 6.30. The topological polar surface area (TPSA) is 48.5 Å². The highest BCUT2D eigenvalue weighted by atomic mass is 35.5. The minimum Gasteiger partial charge on any atom is -0.368 e. The zero-order valence-corrected chi connectivity index (χ0v) is 18.9. The number of halogens is 1. The van der Waals surface area contributed by atoms with E-state index in [1.54, 1.807) is 12.2 Å². The van der Waals surface area contributed by atoms with E-state index in [-0.39, 0.29) is 11.9 Å². The summed E-state index contributed by atoms with van der Waals surface area (Å²) in [7, 11) is 0. The lowest BCUT2D eigenvalue weighted by molar-refractivity contribution is -0.117. The van der Waals surface area contributed by atoms with Crippen molar-refractivity contribution in [3.63, 3.8) is 0 Å². The van der Waals surface area contributed by atoms with E-state index in [0.29, 0.717) is 5.02 Å². The van der Waals surface area contributed by atoms with E-state index in [1.165, 1.54) is 5.69 Å². The molecule has 1 aromatic heterocycles. The van der Waals surface area contributed by atoms with Crippen molar-refractivity contribution in [1.29, 1.82) is 0 Å². The molecule has 32 heavy (non-hydrogen) atoms. The van der Waals surface area contributed by atoms with Crippen molar-refractivity contribution in [1.82, 2.24) is 10.3 Å². The van der Waals surface area contributed by atoms with E-state index >= 15 is 0 Å². The molecule has 1 fully saturated rings. The Labute approximate surface area is 194 Å². The van der Waals surface area contributed by atoms with Crippen LogP contribution in [0.25, 0.3) is 6.08 Å². The summed E-state index contributed by atoms with van der Waals surface area (Å²) in [6.45, 7) is 5.74. The molecule has 0 radical (unpaired) electrons. The first kappa shape index (κ1) is 21.9. The Hall–Kier alpha value is -3.31. The fourth-order valence-electron chi connectivity index (χ4n) is 3.82. The molecule has 0 spiro atoms. The highest BCUT2D eigenvalue weighted by Crippen LogP contribution is 2.23. The standard InChI is InChI=1S/C26H27ClN4O/c1-20(29-26(32)13-10-21-8-11-23(27)12-9-21)22-5-4-6-24(19-22)30-15-17-31(18-16-30)25-7-2-3-14-28-25/h2-14,19-20H,15-18H2,1H3,(H,29,32)/b13-10+. The van der Waals surface area contributed by atoms with E-state index in [1.807, 2.05) is 49.5 Å². The summed E-state index contributed by atoms with van der Waals surface area (Å²) in [5.74, 6) is 0.908. The van der Waals surface area contributed by atoms with E-state index < -0.39 is 0 Å². The Bertz CT molecular complexity index is 1060. The molecule has 164 valence electrons. The molecule has 5 nitrogen and oxygen atoms in total. The molecule has 3 aromatic rings. The van der Waals surface area contributed by atoms with Gasteiger partial charge in [-0.25, -0.2) is 4.98 Å². The lowest BCUT2D eigenvalue weighted by atomic mass is 10.1. The van der Waals surface area contributed by atoms with Gasteiger partial charge in [-0.15, -0.1) is 0 Å². The third-order valence-electron chi connectivity index (χ3n) is 5.64. The summed E-state index contributed by atoms with van der Waals surface area (Å²) < 4.78 is 0. The van der Waals surface area contributed by atoms with Gasteiger partial charge < -0.3 is 15.1 Å². The first-order valence-corrected chi connectivity index (χ1v) is 11.2. The molecule has 0 saturated carbocycles. The van der Waals surface area contributed by atoms with Crippen molar-refractivity contribution >= 4 is 35.1 Å². The smallest absolute Gasteiger partial charge is 0.244 e. The summed E-state index contributed by atoms with van der Waals surface area (Å²) in [6, 6.07) is 21.7. The van der Waals surface area contributed by atoms with E-state index in [9.17, 15) is 4.79 Å². The zero-order valence-electron chi connectivity index (χ0n) is 18.1. The molecule has 0 aliphatic carbocycles. The Morgan fingerprint density at radius 2 is 1.75 bits per heavy atom. The van der Waals surface area contributed by atoms with Gasteiger partial charge in [-0.05, 0) is 60.5 Å². The number of hydrogen-bond acceptors (Lipinski definition) is 4. The molecule has 4 rings (SSSR count). The quantitative estimate of drug-likeness (QED) is 0.544. The maximum absolute atomic E-state index is 12.4. The third kappa shape index (κ3) is 5.68. The molecule has 6 heteroatoms. The summed E-state index contributed by atoms with van der Waals surface area (Å²) in [5.41, 5.74) is 3.20. The van der Waals surface area contributed by atoms with Crippen molar-refractivity contribution in [3.8, 4) is 0 Å². The van der Waals surface area contributed by atoms with Crippen LogP contribution in [0.5, 0.6) is 0 Å². The lowest BCUT2D eigenvalue weighted by Gasteiger charge is -2.37. The molecule has 1 aliphatic heterocycles. The number of piperazine rings is 1. The van der Waals surface area contributed by atoms with E-state index in [0.717, 1.165) is 43.1 Å². The van der Waals surface area contributed by atoms with Crippen LogP contribution in [-0.2, 0) is 4.79 Å². The number of hydrogen-bond donors (Lipinski definition) is 1. The predicted octanol–water partition coefficient (Wildman–Crippen LogP) is 4.95. The first-order chi connectivity index (χ1) is 15.6. The van der Waals surface area contributed by atoms with Crippen molar-refractivity contribution in [2.24, 2.45) is 0 Å². The van der Waals surface area contributed by atoms with E-state index in [2.05, 4.69) is 50.4 Å². The molecule has 2 heterocycles. The van der Waals surface area contributed by atoms with Crippen LogP contribution in [-0.4, -0.2) is 37.1 Å². The van der Waals surface area contributed by atoms with Gasteiger partial charge in [-0.3, -0.25) is 4.79 Å². The average molecular weight is 447 g/mol. The van der Waals surface area contributed by atoms with Crippen molar-refractivity contribution in [2.75, 3.05) is 36.0 Å². The first-order valence-electron chi connectivity index (χ1n) is 10.8. The Morgan fingerprint density at radius 3 is 2.47 bits per heavy atom. The van der Waals surface area contributed by atoms with Gasteiger partial charge in [0.15, 0.2) is 0 Å².